The Morgan fingerprint density at radius 1 is 1.25 bits per heavy atom. The van der Waals surface area contributed by atoms with Crippen LogP contribution in [0.2, 0.25) is 0 Å². The molecule has 0 saturated heterocycles. The summed E-state index contributed by atoms with van der Waals surface area (Å²) in [4.78, 5) is 0. The normalized spacial score (nSPS) is 11.3. The summed E-state index contributed by atoms with van der Waals surface area (Å²) >= 11 is 0. The molecule has 0 spiro atoms. The molecule has 0 heterocycles. The average Bonchev–Trinajstić information content (AvgIpc) is 1.94. The molecule has 0 rings (SSSR count). The first-order valence-corrected chi connectivity index (χ1v) is 4.74. The third-order valence-corrected chi connectivity index (χ3v) is 1.37. The van der Waals surface area contributed by atoms with Gasteiger partial charge in [-0.25, -0.2) is 0 Å². The Bertz CT molecular complexity index is 180. The molecule has 0 N–H and O–H groups in total. The third-order valence-electron chi connectivity index (χ3n) is 1.37. The fourth-order valence-corrected chi connectivity index (χ4v) is 0.722. The zero-order chi connectivity index (χ0) is 9.45. The van der Waals surface area contributed by atoms with Gasteiger partial charge in [0.05, 0.1) is 0 Å². The van der Waals surface area contributed by atoms with Crippen molar-refractivity contribution in [1.29, 1.82) is 0 Å². The first kappa shape index (κ1) is 11.3. The number of hydrogen-bond donors (Lipinski definition) is 0. The molecule has 0 radical (unpaired) electrons. The Balaban J connectivity index is 3.63. The van der Waals surface area contributed by atoms with Crippen molar-refractivity contribution >= 4 is 0 Å². The van der Waals surface area contributed by atoms with E-state index in [4.69, 9.17) is 0 Å². The van der Waals surface area contributed by atoms with E-state index in [0.29, 0.717) is 0 Å². The molecule has 0 saturated carbocycles. The SMILES string of the molecule is CCCC/C=C\C#CC(C)(C)C. The van der Waals surface area contributed by atoms with Gasteiger partial charge in [-0.3, -0.25) is 0 Å². The van der Waals surface area contributed by atoms with E-state index >= 15 is 0 Å². The summed E-state index contributed by atoms with van der Waals surface area (Å²) in [5, 5.41) is 0. The summed E-state index contributed by atoms with van der Waals surface area (Å²) in [6.07, 6.45) is 7.82. The van der Waals surface area contributed by atoms with Crippen LogP contribution in [-0.4, -0.2) is 0 Å². The average molecular weight is 164 g/mol. The Morgan fingerprint density at radius 3 is 2.42 bits per heavy atom. The summed E-state index contributed by atoms with van der Waals surface area (Å²) in [7, 11) is 0. The summed E-state index contributed by atoms with van der Waals surface area (Å²) in [6.45, 7) is 8.58. The van der Waals surface area contributed by atoms with Gasteiger partial charge in [-0.15, -0.1) is 0 Å². The summed E-state index contributed by atoms with van der Waals surface area (Å²) in [6, 6.07) is 0. The standard InChI is InChI=1S/C12H20/c1-5-6-7-8-9-10-11-12(2,3)4/h8-9H,5-7H2,1-4H3/b9-8-. The van der Waals surface area contributed by atoms with Crippen LogP contribution < -0.4 is 0 Å². The van der Waals surface area contributed by atoms with Crippen LogP contribution >= 0.6 is 0 Å². The van der Waals surface area contributed by atoms with Gasteiger partial charge in [-0.05, 0) is 33.3 Å². The molecule has 0 atom stereocenters. The molecule has 0 amide bonds. The highest BCUT2D eigenvalue weighted by molar-refractivity contribution is 5.18. The molecule has 0 aliphatic heterocycles. The first-order chi connectivity index (χ1) is 5.56. The quantitative estimate of drug-likeness (QED) is 0.440. The summed E-state index contributed by atoms with van der Waals surface area (Å²) < 4.78 is 0. The highest BCUT2D eigenvalue weighted by atomic mass is 14.0. The smallest absolute Gasteiger partial charge is 0.0233 e. The second-order valence-electron chi connectivity index (χ2n) is 4.06. The topological polar surface area (TPSA) is 0 Å². The predicted octanol–water partition coefficient (Wildman–Crippen LogP) is 3.78. The van der Waals surface area contributed by atoms with E-state index in [9.17, 15) is 0 Å². The van der Waals surface area contributed by atoms with Gasteiger partial charge < -0.3 is 0 Å². The first-order valence-electron chi connectivity index (χ1n) is 4.74. The van der Waals surface area contributed by atoms with Crippen LogP contribution in [0.15, 0.2) is 12.2 Å². The van der Waals surface area contributed by atoms with Crippen LogP contribution in [0, 0.1) is 17.3 Å². The molecular formula is C12H20. The lowest BCUT2D eigenvalue weighted by Crippen LogP contribution is -1.98. The highest BCUT2D eigenvalue weighted by Crippen LogP contribution is 2.09. The van der Waals surface area contributed by atoms with Crippen molar-refractivity contribution in [3.8, 4) is 11.8 Å². The minimum Gasteiger partial charge on any atom is -0.0926 e. The molecule has 0 heteroatoms. The fourth-order valence-electron chi connectivity index (χ4n) is 0.722. The van der Waals surface area contributed by atoms with Gasteiger partial charge in [-0.1, -0.05) is 37.7 Å². The van der Waals surface area contributed by atoms with Crippen molar-refractivity contribution in [2.24, 2.45) is 5.41 Å². The van der Waals surface area contributed by atoms with Crippen LogP contribution in [0.5, 0.6) is 0 Å². The molecule has 0 fully saturated rings. The van der Waals surface area contributed by atoms with Crippen LogP contribution in [0.4, 0.5) is 0 Å². The number of rotatable bonds is 3. The number of unbranched alkanes of at least 4 members (excludes halogenated alkanes) is 2. The van der Waals surface area contributed by atoms with Crippen molar-refractivity contribution in [3.05, 3.63) is 12.2 Å². The van der Waals surface area contributed by atoms with E-state index in [1.165, 1.54) is 12.8 Å². The lowest BCUT2D eigenvalue weighted by Gasteiger charge is -2.05. The van der Waals surface area contributed by atoms with Crippen molar-refractivity contribution in [2.75, 3.05) is 0 Å². The Kier molecular flexibility index (Phi) is 5.54. The number of hydrogen-bond acceptors (Lipinski definition) is 0. The maximum absolute atomic E-state index is 3.16. The second-order valence-corrected chi connectivity index (χ2v) is 4.06. The van der Waals surface area contributed by atoms with Gasteiger partial charge in [0, 0.05) is 5.41 Å². The van der Waals surface area contributed by atoms with Crippen molar-refractivity contribution in [2.45, 2.75) is 47.0 Å². The van der Waals surface area contributed by atoms with Crippen LogP contribution in [0.1, 0.15) is 47.0 Å². The van der Waals surface area contributed by atoms with Gasteiger partial charge in [0.2, 0.25) is 0 Å². The van der Waals surface area contributed by atoms with E-state index in [2.05, 4.69) is 45.6 Å². The zero-order valence-corrected chi connectivity index (χ0v) is 8.78. The minimum atomic E-state index is 0.134. The molecule has 0 nitrogen and oxygen atoms in total. The lowest BCUT2D eigenvalue weighted by atomic mass is 9.98. The van der Waals surface area contributed by atoms with Gasteiger partial charge in [0.15, 0.2) is 0 Å². The van der Waals surface area contributed by atoms with Crippen molar-refractivity contribution in [1.82, 2.24) is 0 Å². The van der Waals surface area contributed by atoms with Gasteiger partial charge in [0.25, 0.3) is 0 Å². The van der Waals surface area contributed by atoms with E-state index in [0.717, 1.165) is 6.42 Å². The molecule has 0 aliphatic rings. The van der Waals surface area contributed by atoms with Crippen molar-refractivity contribution in [3.63, 3.8) is 0 Å². The Morgan fingerprint density at radius 2 is 1.92 bits per heavy atom. The van der Waals surface area contributed by atoms with E-state index in [-0.39, 0.29) is 5.41 Å². The van der Waals surface area contributed by atoms with Crippen molar-refractivity contribution < 1.29 is 0 Å². The van der Waals surface area contributed by atoms with E-state index in [1.54, 1.807) is 0 Å². The molecular weight excluding hydrogens is 144 g/mol. The predicted molar refractivity (Wildman–Crippen MR) is 55.9 cm³/mol. The van der Waals surface area contributed by atoms with Gasteiger partial charge in [-0.2, -0.15) is 0 Å². The molecule has 0 aromatic heterocycles. The fraction of sp³-hybridized carbons (Fsp3) is 0.667. The maximum Gasteiger partial charge on any atom is 0.0233 e. The lowest BCUT2D eigenvalue weighted by molar-refractivity contribution is 0.571. The largest absolute Gasteiger partial charge is 0.0926 e. The summed E-state index contributed by atoms with van der Waals surface area (Å²) in [5.41, 5.74) is 0.134. The maximum atomic E-state index is 3.16. The Labute approximate surface area is 77.1 Å². The van der Waals surface area contributed by atoms with Crippen LogP contribution in [-0.2, 0) is 0 Å². The molecule has 68 valence electrons. The van der Waals surface area contributed by atoms with Gasteiger partial charge >= 0.3 is 0 Å². The van der Waals surface area contributed by atoms with Gasteiger partial charge in [0.1, 0.15) is 0 Å². The zero-order valence-electron chi connectivity index (χ0n) is 8.78. The highest BCUT2D eigenvalue weighted by Gasteiger charge is 2.01. The molecule has 0 aromatic carbocycles. The monoisotopic (exact) mass is 164 g/mol. The molecule has 12 heavy (non-hydrogen) atoms. The van der Waals surface area contributed by atoms with E-state index in [1.807, 2.05) is 6.08 Å². The number of allylic oxidation sites excluding steroid dienone is 2. The third kappa shape index (κ3) is 9.30. The Hall–Kier alpha value is -0.700. The van der Waals surface area contributed by atoms with Crippen LogP contribution in [0.25, 0.3) is 0 Å². The minimum absolute atomic E-state index is 0.134. The summed E-state index contributed by atoms with van der Waals surface area (Å²) in [5.74, 6) is 6.22. The second kappa shape index (κ2) is 5.89. The molecule has 0 aromatic rings. The molecule has 0 unspecified atom stereocenters. The van der Waals surface area contributed by atoms with Crippen LogP contribution in [0.3, 0.4) is 0 Å². The molecule has 0 aliphatic carbocycles. The van der Waals surface area contributed by atoms with E-state index < -0.39 is 0 Å². The molecule has 0 bridgehead atoms.